The summed E-state index contributed by atoms with van der Waals surface area (Å²) in [5, 5.41) is 2.73. The summed E-state index contributed by atoms with van der Waals surface area (Å²) in [7, 11) is 0. The molecule has 0 atom stereocenters. The van der Waals surface area contributed by atoms with E-state index in [-0.39, 0.29) is 12.5 Å². The van der Waals surface area contributed by atoms with E-state index in [1.807, 2.05) is 24.3 Å². The molecule has 0 radical (unpaired) electrons. The fourth-order valence-electron chi connectivity index (χ4n) is 1.01. The Morgan fingerprint density at radius 3 is 3.00 bits per heavy atom. The molecule has 0 bridgehead atoms. The van der Waals surface area contributed by atoms with Crippen LogP contribution >= 0.6 is 22.6 Å². The number of anilines is 1. The van der Waals surface area contributed by atoms with Crippen LogP contribution < -0.4 is 11.1 Å². The summed E-state index contributed by atoms with van der Waals surface area (Å²) in [5.41, 5.74) is 6.01. The molecule has 0 saturated carbocycles. The van der Waals surface area contributed by atoms with Gasteiger partial charge in [-0.15, -0.1) is 0 Å². The summed E-state index contributed by atoms with van der Waals surface area (Å²) in [6, 6.07) is 7.57. The maximum Gasteiger partial charge on any atom is 0.250 e. The van der Waals surface area contributed by atoms with Crippen LogP contribution in [0, 0.1) is 3.57 Å². The van der Waals surface area contributed by atoms with Gasteiger partial charge in [-0.05, 0) is 40.8 Å². The SMILES string of the molecule is NCCOCC(=O)Nc1cccc(I)c1. The first-order valence-electron chi connectivity index (χ1n) is 4.55. The predicted octanol–water partition coefficient (Wildman–Crippen LogP) is 1.20. The minimum Gasteiger partial charge on any atom is -0.370 e. The van der Waals surface area contributed by atoms with Crippen molar-refractivity contribution in [1.82, 2.24) is 0 Å². The first-order chi connectivity index (χ1) is 7.22. The molecule has 15 heavy (non-hydrogen) atoms. The van der Waals surface area contributed by atoms with E-state index in [4.69, 9.17) is 10.5 Å². The van der Waals surface area contributed by atoms with Gasteiger partial charge in [0.05, 0.1) is 6.61 Å². The molecule has 82 valence electrons. The highest BCUT2D eigenvalue weighted by molar-refractivity contribution is 14.1. The Kier molecular flexibility index (Phi) is 5.59. The Bertz CT molecular complexity index is 331. The molecule has 0 aliphatic rings. The summed E-state index contributed by atoms with van der Waals surface area (Å²) in [6.45, 7) is 0.874. The molecule has 0 aliphatic heterocycles. The molecular formula is C10H13IN2O2. The van der Waals surface area contributed by atoms with Crippen molar-refractivity contribution in [2.45, 2.75) is 0 Å². The van der Waals surface area contributed by atoms with Crippen LogP contribution in [0.4, 0.5) is 5.69 Å². The largest absolute Gasteiger partial charge is 0.370 e. The molecule has 1 aromatic rings. The number of hydrogen-bond acceptors (Lipinski definition) is 3. The van der Waals surface area contributed by atoms with E-state index in [2.05, 4.69) is 27.9 Å². The molecule has 0 heterocycles. The number of nitrogens with two attached hydrogens (primary N) is 1. The van der Waals surface area contributed by atoms with Crippen LogP contribution in [0.15, 0.2) is 24.3 Å². The Labute approximate surface area is 102 Å². The summed E-state index contributed by atoms with van der Waals surface area (Å²) < 4.78 is 6.09. The lowest BCUT2D eigenvalue weighted by atomic mass is 10.3. The Balaban J connectivity index is 2.37. The van der Waals surface area contributed by atoms with Crippen molar-refractivity contribution in [1.29, 1.82) is 0 Å². The van der Waals surface area contributed by atoms with Crippen molar-refractivity contribution < 1.29 is 9.53 Å². The standard InChI is InChI=1S/C10H13IN2O2/c11-8-2-1-3-9(6-8)13-10(14)7-15-5-4-12/h1-3,6H,4-5,7,12H2,(H,13,14). The molecule has 0 spiro atoms. The zero-order valence-corrected chi connectivity index (χ0v) is 10.4. The molecule has 0 unspecified atom stereocenters. The van der Waals surface area contributed by atoms with Crippen molar-refractivity contribution in [3.05, 3.63) is 27.8 Å². The first kappa shape index (κ1) is 12.4. The van der Waals surface area contributed by atoms with Crippen LogP contribution in [0.25, 0.3) is 0 Å². The monoisotopic (exact) mass is 320 g/mol. The molecule has 0 fully saturated rings. The van der Waals surface area contributed by atoms with E-state index in [0.29, 0.717) is 13.2 Å². The lowest BCUT2D eigenvalue weighted by molar-refractivity contribution is -0.120. The van der Waals surface area contributed by atoms with Gasteiger partial charge >= 0.3 is 0 Å². The number of carbonyl (C=O) groups excluding carboxylic acids is 1. The van der Waals surface area contributed by atoms with E-state index >= 15 is 0 Å². The maximum atomic E-state index is 11.3. The Hall–Kier alpha value is -0.660. The molecule has 1 aromatic carbocycles. The summed E-state index contributed by atoms with van der Waals surface area (Å²) in [6.07, 6.45) is 0. The lowest BCUT2D eigenvalue weighted by Gasteiger charge is -2.05. The van der Waals surface area contributed by atoms with Gasteiger partial charge in [0.1, 0.15) is 6.61 Å². The topological polar surface area (TPSA) is 64.3 Å². The fourth-order valence-corrected chi connectivity index (χ4v) is 1.55. The highest BCUT2D eigenvalue weighted by atomic mass is 127. The summed E-state index contributed by atoms with van der Waals surface area (Å²) in [5.74, 6) is -0.162. The molecular weight excluding hydrogens is 307 g/mol. The van der Waals surface area contributed by atoms with Crippen molar-refractivity contribution >= 4 is 34.2 Å². The van der Waals surface area contributed by atoms with Crippen LogP contribution in [0.1, 0.15) is 0 Å². The third-order valence-electron chi connectivity index (χ3n) is 1.60. The number of benzene rings is 1. The Morgan fingerprint density at radius 2 is 2.33 bits per heavy atom. The number of halogens is 1. The smallest absolute Gasteiger partial charge is 0.250 e. The van der Waals surface area contributed by atoms with E-state index in [9.17, 15) is 4.79 Å². The summed E-state index contributed by atoms with van der Waals surface area (Å²) in [4.78, 5) is 11.3. The molecule has 5 heteroatoms. The average molecular weight is 320 g/mol. The minimum atomic E-state index is -0.162. The maximum absolute atomic E-state index is 11.3. The zero-order valence-electron chi connectivity index (χ0n) is 8.20. The van der Waals surface area contributed by atoms with Crippen LogP contribution in [0.2, 0.25) is 0 Å². The van der Waals surface area contributed by atoms with Crippen molar-refractivity contribution in [3.63, 3.8) is 0 Å². The molecule has 1 amide bonds. The molecule has 0 aromatic heterocycles. The molecule has 1 rings (SSSR count). The number of rotatable bonds is 5. The zero-order chi connectivity index (χ0) is 11.1. The molecule has 3 N–H and O–H groups in total. The first-order valence-corrected chi connectivity index (χ1v) is 5.63. The van der Waals surface area contributed by atoms with E-state index in [1.54, 1.807) is 0 Å². The number of carbonyl (C=O) groups is 1. The second-order valence-corrected chi connectivity index (χ2v) is 4.15. The normalized spacial score (nSPS) is 10.0. The number of amides is 1. The van der Waals surface area contributed by atoms with Gasteiger partial charge in [0, 0.05) is 15.8 Å². The third-order valence-corrected chi connectivity index (χ3v) is 2.27. The molecule has 0 aliphatic carbocycles. The summed E-state index contributed by atoms with van der Waals surface area (Å²) >= 11 is 2.19. The quantitative estimate of drug-likeness (QED) is 0.633. The lowest BCUT2D eigenvalue weighted by Crippen LogP contribution is -2.20. The van der Waals surface area contributed by atoms with Crippen molar-refractivity contribution in [3.8, 4) is 0 Å². The fraction of sp³-hybridized carbons (Fsp3) is 0.300. The van der Waals surface area contributed by atoms with Crippen molar-refractivity contribution in [2.24, 2.45) is 5.73 Å². The van der Waals surface area contributed by atoms with Gasteiger partial charge in [0.25, 0.3) is 0 Å². The number of hydrogen-bond donors (Lipinski definition) is 2. The van der Waals surface area contributed by atoms with Gasteiger partial charge in [0.15, 0.2) is 0 Å². The Morgan fingerprint density at radius 1 is 1.53 bits per heavy atom. The van der Waals surface area contributed by atoms with Gasteiger partial charge < -0.3 is 15.8 Å². The second-order valence-electron chi connectivity index (χ2n) is 2.90. The van der Waals surface area contributed by atoms with Gasteiger partial charge in [-0.3, -0.25) is 4.79 Å². The predicted molar refractivity (Wildman–Crippen MR) is 67.7 cm³/mol. The third kappa shape index (κ3) is 5.10. The minimum absolute atomic E-state index is 0.0443. The van der Waals surface area contributed by atoms with E-state index in [0.717, 1.165) is 9.26 Å². The van der Waals surface area contributed by atoms with E-state index in [1.165, 1.54) is 0 Å². The number of nitrogens with one attached hydrogen (secondary N) is 1. The van der Waals surface area contributed by atoms with Crippen LogP contribution in [-0.2, 0) is 9.53 Å². The number of ether oxygens (including phenoxy) is 1. The van der Waals surface area contributed by atoms with Crippen LogP contribution in [0.3, 0.4) is 0 Å². The van der Waals surface area contributed by atoms with Gasteiger partial charge in [-0.1, -0.05) is 6.07 Å². The van der Waals surface area contributed by atoms with Crippen molar-refractivity contribution in [2.75, 3.05) is 25.1 Å². The average Bonchev–Trinajstić information content (AvgIpc) is 2.18. The van der Waals surface area contributed by atoms with Gasteiger partial charge in [-0.2, -0.15) is 0 Å². The van der Waals surface area contributed by atoms with Crippen LogP contribution in [0.5, 0.6) is 0 Å². The van der Waals surface area contributed by atoms with Crippen LogP contribution in [-0.4, -0.2) is 25.7 Å². The molecule has 0 saturated heterocycles. The second kappa shape index (κ2) is 6.76. The van der Waals surface area contributed by atoms with Gasteiger partial charge in [-0.25, -0.2) is 0 Å². The highest BCUT2D eigenvalue weighted by Gasteiger charge is 2.01. The highest BCUT2D eigenvalue weighted by Crippen LogP contribution is 2.11. The van der Waals surface area contributed by atoms with E-state index < -0.39 is 0 Å². The molecule has 4 nitrogen and oxygen atoms in total. The van der Waals surface area contributed by atoms with Gasteiger partial charge in [0.2, 0.25) is 5.91 Å².